The average molecular weight is 366 g/mol. The number of aromatic nitrogens is 2. The number of nitrogens with zero attached hydrogens (tertiary/aromatic N) is 3. The van der Waals surface area contributed by atoms with E-state index in [2.05, 4.69) is 10.4 Å². The lowest BCUT2D eigenvalue weighted by atomic mass is 10.1. The van der Waals surface area contributed by atoms with Crippen molar-refractivity contribution in [1.82, 2.24) is 15.1 Å². The molecule has 1 aliphatic carbocycles. The Hall–Kier alpha value is -2.63. The molecule has 1 aromatic heterocycles. The summed E-state index contributed by atoms with van der Waals surface area (Å²) in [6.07, 6.45) is 8.86. The van der Waals surface area contributed by atoms with Crippen molar-refractivity contribution in [2.24, 2.45) is 0 Å². The number of rotatable bonds is 6. The van der Waals surface area contributed by atoms with Crippen LogP contribution in [0.1, 0.15) is 55.8 Å². The zero-order valence-electron chi connectivity index (χ0n) is 15.6. The minimum absolute atomic E-state index is 0.0181. The van der Waals surface area contributed by atoms with E-state index in [0.717, 1.165) is 29.9 Å². The topological polar surface area (TPSA) is 67.2 Å². The Morgan fingerprint density at radius 3 is 2.59 bits per heavy atom. The molecule has 0 bridgehead atoms. The number of nitrogens with one attached hydrogen (secondary N) is 1. The van der Waals surface area contributed by atoms with Gasteiger partial charge in [-0.05, 0) is 43.0 Å². The predicted molar refractivity (Wildman–Crippen MR) is 103 cm³/mol. The van der Waals surface area contributed by atoms with Gasteiger partial charge in [-0.25, -0.2) is 0 Å². The van der Waals surface area contributed by atoms with Crippen LogP contribution in [-0.4, -0.2) is 28.1 Å². The van der Waals surface area contributed by atoms with Crippen LogP contribution in [0.5, 0.6) is 0 Å². The highest BCUT2D eigenvalue weighted by Gasteiger charge is 2.21. The molecule has 2 fully saturated rings. The Labute approximate surface area is 159 Å². The fourth-order valence-electron chi connectivity index (χ4n) is 4.00. The van der Waals surface area contributed by atoms with Crippen LogP contribution in [0, 0.1) is 0 Å². The van der Waals surface area contributed by atoms with E-state index >= 15 is 0 Å². The molecule has 2 aromatic rings. The number of hydrogen-bond acceptors (Lipinski definition) is 3. The zero-order chi connectivity index (χ0) is 18.6. The molecule has 1 saturated heterocycles. The number of benzene rings is 1. The Morgan fingerprint density at radius 1 is 1.11 bits per heavy atom. The number of anilines is 1. The van der Waals surface area contributed by atoms with Crippen LogP contribution in [0.4, 0.5) is 5.69 Å². The normalized spacial score (nSPS) is 17.6. The van der Waals surface area contributed by atoms with Gasteiger partial charge in [-0.2, -0.15) is 5.10 Å². The molecule has 1 saturated carbocycles. The van der Waals surface area contributed by atoms with Crippen molar-refractivity contribution >= 4 is 17.5 Å². The van der Waals surface area contributed by atoms with Crippen molar-refractivity contribution in [1.29, 1.82) is 0 Å². The van der Waals surface area contributed by atoms with Gasteiger partial charge < -0.3 is 10.2 Å². The van der Waals surface area contributed by atoms with Gasteiger partial charge in [-0.15, -0.1) is 0 Å². The largest absolute Gasteiger partial charge is 0.350 e. The molecular weight excluding hydrogens is 340 g/mol. The summed E-state index contributed by atoms with van der Waals surface area (Å²) in [4.78, 5) is 25.8. The summed E-state index contributed by atoms with van der Waals surface area (Å²) in [6.45, 7) is 1.24. The van der Waals surface area contributed by atoms with E-state index in [1.54, 1.807) is 0 Å². The lowest BCUT2D eigenvalue weighted by Gasteiger charge is -2.15. The molecule has 6 heteroatoms. The fourth-order valence-corrected chi connectivity index (χ4v) is 4.00. The zero-order valence-corrected chi connectivity index (χ0v) is 15.6. The van der Waals surface area contributed by atoms with Gasteiger partial charge in [0, 0.05) is 24.8 Å². The summed E-state index contributed by atoms with van der Waals surface area (Å²) >= 11 is 0. The maximum absolute atomic E-state index is 12.2. The number of carbonyl (C=O) groups excluding carboxylic acids is 2. The van der Waals surface area contributed by atoms with Crippen molar-refractivity contribution in [2.75, 3.05) is 11.4 Å². The summed E-state index contributed by atoms with van der Waals surface area (Å²) in [6, 6.07) is 10.2. The van der Waals surface area contributed by atoms with E-state index < -0.39 is 0 Å². The van der Waals surface area contributed by atoms with Crippen molar-refractivity contribution in [3.8, 4) is 0 Å². The van der Waals surface area contributed by atoms with Crippen LogP contribution in [0.25, 0.3) is 0 Å². The molecule has 6 nitrogen and oxygen atoms in total. The van der Waals surface area contributed by atoms with Gasteiger partial charge in [0.25, 0.3) is 0 Å². The van der Waals surface area contributed by atoms with Crippen LogP contribution < -0.4 is 10.2 Å². The van der Waals surface area contributed by atoms with Crippen LogP contribution in [0.3, 0.4) is 0 Å². The lowest BCUT2D eigenvalue weighted by molar-refractivity contribution is -0.120. The van der Waals surface area contributed by atoms with Crippen molar-refractivity contribution in [3.63, 3.8) is 0 Å². The molecule has 4 rings (SSSR count). The van der Waals surface area contributed by atoms with Gasteiger partial charge in [0.1, 0.15) is 0 Å². The van der Waals surface area contributed by atoms with Crippen LogP contribution >= 0.6 is 0 Å². The third-order valence-electron chi connectivity index (χ3n) is 5.52. The quantitative estimate of drug-likeness (QED) is 0.855. The summed E-state index contributed by atoms with van der Waals surface area (Å²) in [5.74, 6) is 0.160. The molecule has 2 amide bonds. The van der Waals surface area contributed by atoms with Gasteiger partial charge in [-0.3, -0.25) is 14.3 Å². The smallest absolute Gasteiger partial charge is 0.227 e. The lowest BCUT2D eigenvalue weighted by Crippen LogP contribution is -2.25. The molecule has 1 N–H and O–H groups in total. The first-order valence-corrected chi connectivity index (χ1v) is 9.89. The monoisotopic (exact) mass is 366 g/mol. The molecule has 1 aromatic carbocycles. The fraction of sp³-hybridized carbons (Fsp3) is 0.476. The maximum Gasteiger partial charge on any atom is 0.227 e. The van der Waals surface area contributed by atoms with Gasteiger partial charge in [0.05, 0.1) is 24.7 Å². The summed E-state index contributed by atoms with van der Waals surface area (Å²) in [5.41, 5.74) is 2.76. The number of carbonyl (C=O) groups is 2. The standard InChI is InChI=1S/C21H26N4O2/c26-20(22-15-17-11-13-25(23-17)19-4-1-2-5-19)14-16-7-9-18(10-8-16)24-12-3-6-21(24)27/h7-11,13,19H,1-6,12,14-15H2,(H,22,26). The summed E-state index contributed by atoms with van der Waals surface area (Å²) in [5, 5.41) is 7.55. The molecule has 0 radical (unpaired) electrons. The molecule has 0 atom stereocenters. The predicted octanol–water partition coefficient (Wildman–Crippen LogP) is 2.98. The molecular formula is C21H26N4O2. The van der Waals surface area contributed by atoms with Crippen molar-refractivity contribution in [3.05, 3.63) is 47.8 Å². The summed E-state index contributed by atoms with van der Waals surface area (Å²) < 4.78 is 2.05. The van der Waals surface area contributed by atoms with Gasteiger partial charge in [-0.1, -0.05) is 25.0 Å². The van der Waals surface area contributed by atoms with Crippen LogP contribution in [0.2, 0.25) is 0 Å². The average Bonchev–Trinajstić information content (AvgIpc) is 3.42. The van der Waals surface area contributed by atoms with E-state index in [1.807, 2.05) is 46.1 Å². The Kier molecular flexibility index (Phi) is 5.23. The first-order chi connectivity index (χ1) is 13.2. The highest BCUT2D eigenvalue weighted by atomic mass is 16.2. The second-order valence-corrected chi connectivity index (χ2v) is 7.49. The van der Waals surface area contributed by atoms with Crippen molar-refractivity contribution in [2.45, 2.75) is 57.5 Å². The van der Waals surface area contributed by atoms with E-state index in [4.69, 9.17) is 0 Å². The van der Waals surface area contributed by atoms with Gasteiger partial charge in [0.2, 0.25) is 11.8 Å². The molecule has 1 aliphatic heterocycles. The number of amides is 2. The number of hydrogen-bond donors (Lipinski definition) is 1. The summed E-state index contributed by atoms with van der Waals surface area (Å²) in [7, 11) is 0. The van der Waals surface area contributed by atoms with E-state index in [0.29, 0.717) is 25.4 Å². The van der Waals surface area contributed by atoms with E-state index in [1.165, 1.54) is 25.7 Å². The highest BCUT2D eigenvalue weighted by molar-refractivity contribution is 5.95. The van der Waals surface area contributed by atoms with Crippen LogP contribution in [0.15, 0.2) is 36.5 Å². The molecule has 0 spiro atoms. The molecule has 2 aliphatic rings. The van der Waals surface area contributed by atoms with Crippen molar-refractivity contribution < 1.29 is 9.59 Å². The van der Waals surface area contributed by atoms with Gasteiger partial charge >= 0.3 is 0 Å². The molecule has 0 unspecified atom stereocenters. The second kappa shape index (κ2) is 7.94. The Balaban J connectivity index is 1.27. The Bertz CT molecular complexity index is 806. The SMILES string of the molecule is O=C(Cc1ccc(N2CCCC2=O)cc1)NCc1ccn(C2CCCC2)n1. The van der Waals surface area contributed by atoms with E-state index in [9.17, 15) is 9.59 Å². The third kappa shape index (κ3) is 4.21. The molecule has 142 valence electrons. The minimum atomic E-state index is -0.0181. The highest BCUT2D eigenvalue weighted by Crippen LogP contribution is 2.28. The molecule has 27 heavy (non-hydrogen) atoms. The van der Waals surface area contributed by atoms with E-state index in [-0.39, 0.29) is 11.8 Å². The third-order valence-corrected chi connectivity index (χ3v) is 5.52. The van der Waals surface area contributed by atoms with Crippen LogP contribution in [-0.2, 0) is 22.6 Å². The molecule has 2 heterocycles. The maximum atomic E-state index is 12.2. The second-order valence-electron chi connectivity index (χ2n) is 7.49. The van der Waals surface area contributed by atoms with Gasteiger partial charge in [0.15, 0.2) is 0 Å². The minimum Gasteiger partial charge on any atom is -0.350 e. The Morgan fingerprint density at radius 2 is 1.89 bits per heavy atom. The first-order valence-electron chi connectivity index (χ1n) is 9.89. The first kappa shape index (κ1) is 17.8.